The van der Waals surface area contributed by atoms with Crippen LogP contribution in [0.5, 0.6) is 0 Å². The van der Waals surface area contributed by atoms with Crippen LogP contribution in [0.2, 0.25) is 0 Å². The number of likely N-dealkylation sites (tertiary alicyclic amines) is 1. The van der Waals surface area contributed by atoms with E-state index in [2.05, 4.69) is 0 Å². The number of hydrogen-bond donors (Lipinski definition) is 2. The first kappa shape index (κ1) is 16.7. The van der Waals surface area contributed by atoms with Crippen LogP contribution < -0.4 is 0 Å². The molecule has 0 radical (unpaired) electrons. The Morgan fingerprint density at radius 3 is 2.65 bits per heavy atom. The molecule has 0 spiro atoms. The maximum atomic E-state index is 12.4. The Kier molecular flexibility index (Phi) is 5.76. The van der Waals surface area contributed by atoms with E-state index in [1.54, 1.807) is 14.0 Å². The Morgan fingerprint density at radius 1 is 1.50 bits per heavy atom. The van der Waals surface area contributed by atoms with Gasteiger partial charge in [-0.1, -0.05) is 6.92 Å². The average molecular weight is 288 g/mol. The van der Waals surface area contributed by atoms with Gasteiger partial charge in [-0.15, -0.1) is 0 Å². The lowest BCUT2D eigenvalue weighted by Gasteiger charge is -2.36. The number of carboxylic acid groups (broad SMARTS) is 1. The minimum atomic E-state index is -1.11. The number of carboxylic acids is 1. The topological polar surface area (TPSA) is 90.3 Å². The van der Waals surface area contributed by atoms with Crippen LogP contribution in [-0.4, -0.2) is 77.5 Å². The SMILES string of the molecule is CCC1(C(=O)O)CCCN1C(=O)N(C)CC(O)COC. The Balaban J connectivity index is 2.77. The van der Waals surface area contributed by atoms with Crippen molar-refractivity contribution in [3.63, 3.8) is 0 Å². The number of amides is 2. The fourth-order valence-corrected chi connectivity index (χ4v) is 2.74. The minimum Gasteiger partial charge on any atom is -0.479 e. The monoisotopic (exact) mass is 288 g/mol. The number of urea groups is 1. The lowest BCUT2D eigenvalue weighted by atomic mass is 9.93. The third-order valence-corrected chi connectivity index (χ3v) is 3.87. The van der Waals surface area contributed by atoms with Crippen molar-refractivity contribution in [2.24, 2.45) is 0 Å². The lowest BCUT2D eigenvalue weighted by Crippen LogP contribution is -2.56. The standard InChI is InChI=1S/C13H24N2O5/c1-4-13(11(17)18)6-5-7-15(13)12(19)14(2)8-10(16)9-20-3/h10,16H,4-9H2,1-3H3,(H,17,18). The van der Waals surface area contributed by atoms with Crippen LogP contribution >= 0.6 is 0 Å². The van der Waals surface area contributed by atoms with Gasteiger partial charge in [-0.05, 0) is 19.3 Å². The highest BCUT2D eigenvalue weighted by molar-refractivity contribution is 5.87. The van der Waals surface area contributed by atoms with Gasteiger partial charge < -0.3 is 24.7 Å². The van der Waals surface area contributed by atoms with Gasteiger partial charge in [0.25, 0.3) is 0 Å². The zero-order chi connectivity index (χ0) is 15.3. The molecule has 1 fully saturated rings. The summed E-state index contributed by atoms with van der Waals surface area (Å²) in [6.45, 7) is 2.46. The maximum absolute atomic E-state index is 12.4. The summed E-state index contributed by atoms with van der Waals surface area (Å²) in [6, 6.07) is -0.359. The fraction of sp³-hybridized carbons (Fsp3) is 0.846. The number of rotatable bonds is 6. The van der Waals surface area contributed by atoms with Crippen molar-refractivity contribution in [1.29, 1.82) is 0 Å². The van der Waals surface area contributed by atoms with E-state index in [0.29, 0.717) is 25.8 Å². The van der Waals surface area contributed by atoms with Crippen molar-refractivity contribution in [2.75, 3.05) is 33.9 Å². The molecular formula is C13H24N2O5. The molecule has 0 aliphatic carbocycles. The predicted molar refractivity (Wildman–Crippen MR) is 72.5 cm³/mol. The van der Waals surface area contributed by atoms with Gasteiger partial charge in [-0.2, -0.15) is 0 Å². The maximum Gasteiger partial charge on any atom is 0.329 e. The second kappa shape index (κ2) is 6.90. The van der Waals surface area contributed by atoms with Crippen LogP contribution in [0, 0.1) is 0 Å². The van der Waals surface area contributed by atoms with Crippen molar-refractivity contribution in [3.8, 4) is 0 Å². The highest BCUT2D eigenvalue weighted by Crippen LogP contribution is 2.33. The molecule has 2 unspecified atom stereocenters. The first-order valence-corrected chi connectivity index (χ1v) is 6.82. The van der Waals surface area contributed by atoms with Crippen molar-refractivity contribution in [2.45, 2.75) is 37.8 Å². The predicted octanol–water partition coefficient (Wildman–Crippen LogP) is 0.375. The molecule has 116 valence electrons. The van der Waals surface area contributed by atoms with Gasteiger partial charge in [0, 0.05) is 20.7 Å². The van der Waals surface area contributed by atoms with Crippen molar-refractivity contribution < 1.29 is 24.5 Å². The van der Waals surface area contributed by atoms with E-state index in [1.165, 1.54) is 16.9 Å². The molecule has 0 saturated carbocycles. The minimum absolute atomic E-state index is 0.114. The molecule has 7 nitrogen and oxygen atoms in total. The third-order valence-electron chi connectivity index (χ3n) is 3.87. The molecule has 2 N–H and O–H groups in total. The summed E-state index contributed by atoms with van der Waals surface area (Å²) in [6.07, 6.45) is 0.750. The van der Waals surface area contributed by atoms with Crippen molar-refractivity contribution in [3.05, 3.63) is 0 Å². The van der Waals surface area contributed by atoms with E-state index in [-0.39, 0.29) is 19.2 Å². The van der Waals surface area contributed by atoms with E-state index < -0.39 is 17.6 Å². The number of nitrogens with zero attached hydrogens (tertiary/aromatic N) is 2. The zero-order valence-corrected chi connectivity index (χ0v) is 12.3. The molecule has 1 aliphatic heterocycles. The molecule has 0 aromatic heterocycles. The van der Waals surface area contributed by atoms with Crippen LogP contribution in [0.3, 0.4) is 0 Å². The Morgan fingerprint density at radius 2 is 2.15 bits per heavy atom. The Bertz CT molecular complexity index is 363. The summed E-state index contributed by atoms with van der Waals surface area (Å²) in [5.41, 5.74) is -1.11. The molecule has 0 aromatic rings. The van der Waals surface area contributed by atoms with Crippen LogP contribution in [-0.2, 0) is 9.53 Å². The highest BCUT2D eigenvalue weighted by atomic mass is 16.5. The van der Waals surface area contributed by atoms with Gasteiger partial charge in [-0.25, -0.2) is 9.59 Å². The average Bonchev–Trinajstić information content (AvgIpc) is 2.82. The molecule has 20 heavy (non-hydrogen) atoms. The van der Waals surface area contributed by atoms with Crippen LogP contribution in [0.25, 0.3) is 0 Å². The van der Waals surface area contributed by atoms with E-state index in [4.69, 9.17) is 4.74 Å². The van der Waals surface area contributed by atoms with Gasteiger partial charge in [0.15, 0.2) is 0 Å². The number of likely N-dealkylation sites (N-methyl/N-ethyl adjacent to an activating group) is 1. The smallest absolute Gasteiger partial charge is 0.329 e. The van der Waals surface area contributed by atoms with Crippen molar-refractivity contribution >= 4 is 12.0 Å². The van der Waals surface area contributed by atoms with Crippen LogP contribution in [0.4, 0.5) is 4.79 Å². The molecule has 0 aromatic carbocycles. The van der Waals surface area contributed by atoms with Gasteiger partial charge in [0.2, 0.25) is 0 Å². The largest absolute Gasteiger partial charge is 0.479 e. The van der Waals surface area contributed by atoms with Crippen LogP contribution in [0.1, 0.15) is 26.2 Å². The molecule has 1 aliphatic rings. The number of methoxy groups -OCH3 is 1. The van der Waals surface area contributed by atoms with Crippen LogP contribution in [0.15, 0.2) is 0 Å². The fourth-order valence-electron chi connectivity index (χ4n) is 2.74. The summed E-state index contributed by atoms with van der Waals surface area (Å²) in [5, 5.41) is 19.1. The van der Waals surface area contributed by atoms with E-state index in [1.807, 2.05) is 0 Å². The number of aliphatic carboxylic acids is 1. The molecule has 2 amide bonds. The molecular weight excluding hydrogens is 264 g/mol. The summed E-state index contributed by atoms with van der Waals surface area (Å²) in [7, 11) is 3.03. The molecule has 0 bridgehead atoms. The third kappa shape index (κ3) is 3.21. The second-order valence-electron chi connectivity index (χ2n) is 5.22. The number of hydrogen-bond acceptors (Lipinski definition) is 4. The number of carbonyl (C=O) groups is 2. The Hall–Kier alpha value is -1.34. The van der Waals surface area contributed by atoms with E-state index in [9.17, 15) is 19.8 Å². The summed E-state index contributed by atoms with van der Waals surface area (Å²) in [5.74, 6) is -0.961. The first-order valence-electron chi connectivity index (χ1n) is 6.82. The molecule has 1 heterocycles. The first-order chi connectivity index (χ1) is 9.39. The van der Waals surface area contributed by atoms with Gasteiger partial charge in [0.1, 0.15) is 5.54 Å². The second-order valence-corrected chi connectivity index (χ2v) is 5.22. The van der Waals surface area contributed by atoms with Gasteiger partial charge in [0.05, 0.1) is 19.3 Å². The normalized spacial score (nSPS) is 23.7. The van der Waals surface area contributed by atoms with E-state index >= 15 is 0 Å². The number of aliphatic hydroxyl groups is 1. The molecule has 2 atom stereocenters. The molecule has 1 saturated heterocycles. The summed E-state index contributed by atoms with van der Waals surface area (Å²) < 4.78 is 4.81. The lowest BCUT2D eigenvalue weighted by molar-refractivity contribution is -0.148. The van der Waals surface area contributed by atoms with Crippen molar-refractivity contribution in [1.82, 2.24) is 9.80 Å². The number of aliphatic hydroxyl groups excluding tert-OH is 1. The number of ether oxygens (including phenoxy) is 1. The Labute approximate surface area is 119 Å². The zero-order valence-electron chi connectivity index (χ0n) is 12.3. The quantitative estimate of drug-likeness (QED) is 0.737. The van der Waals surface area contributed by atoms with Gasteiger partial charge >= 0.3 is 12.0 Å². The van der Waals surface area contributed by atoms with Gasteiger partial charge in [-0.3, -0.25) is 0 Å². The summed E-state index contributed by atoms with van der Waals surface area (Å²) in [4.78, 5) is 26.7. The molecule has 7 heteroatoms. The highest BCUT2D eigenvalue weighted by Gasteiger charge is 2.49. The van der Waals surface area contributed by atoms with E-state index in [0.717, 1.165) is 0 Å². The molecule has 1 rings (SSSR count). The number of carbonyl (C=O) groups excluding carboxylic acids is 1. The summed E-state index contributed by atoms with van der Waals surface area (Å²) >= 11 is 0.